The third kappa shape index (κ3) is 3.43. The molecule has 1 atom stereocenters. The highest BCUT2D eigenvalue weighted by Crippen LogP contribution is 2.41. The van der Waals surface area contributed by atoms with Crippen LogP contribution in [0.1, 0.15) is 43.5 Å². The van der Waals surface area contributed by atoms with Gasteiger partial charge in [-0.2, -0.15) is 9.78 Å². The molecule has 5 rings (SSSR count). The van der Waals surface area contributed by atoms with Crippen LogP contribution in [0.5, 0.6) is 0 Å². The van der Waals surface area contributed by atoms with Gasteiger partial charge in [0.05, 0.1) is 10.6 Å². The standard InChI is InChI=1S/C22H20N8O3/c1-22(2,3)14-9-7-12(8-10-14)19-16-17(13-5-4-6-15(11-13)30(32)33)24-25-20(31)18(16)23-21-26-27-28-29(19)21/h4-11,19H,1-3H3,(H,25,31)(H,23,26,28)/t19-/m1/s1. The van der Waals surface area contributed by atoms with Crippen LogP contribution in [0.2, 0.25) is 0 Å². The molecule has 33 heavy (non-hydrogen) atoms. The number of aromatic nitrogens is 6. The van der Waals surface area contributed by atoms with Gasteiger partial charge in [0.15, 0.2) is 0 Å². The summed E-state index contributed by atoms with van der Waals surface area (Å²) >= 11 is 0. The number of nitrogens with zero attached hydrogens (tertiary/aromatic N) is 6. The predicted octanol–water partition coefficient (Wildman–Crippen LogP) is 3.32. The van der Waals surface area contributed by atoms with Crippen LogP contribution in [0.3, 0.4) is 0 Å². The Kier molecular flexibility index (Phi) is 4.55. The monoisotopic (exact) mass is 444 g/mol. The summed E-state index contributed by atoms with van der Waals surface area (Å²) in [4.78, 5) is 23.6. The van der Waals surface area contributed by atoms with E-state index in [1.54, 1.807) is 16.8 Å². The average molecular weight is 444 g/mol. The molecule has 3 heterocycles. The number of aromatic amines is 1. The molecule has 0 bridgehead atoms. The quantitative estimate of drug-likeness (QED) is 0.318. The number of benzene rings is 2. The fourth-order valence-corrected chi connectivity index (χ4v) is 4.00. The molecule has 166 valence electrons. The fraction of sp³-hybridized carbons (Fsp3) is 0.227. The van der Waals surface area contributed by atoms with Gasteiger partial charge in [0.1, 0.15) is 11.7 Å². The highest BCUT2D eigenvalue weighted by molar-refractivity contribution is 5.76. The van der Waals surface area contributed by atoms with Gasteiger partial charge in [-0.25, -0.2) is 5.10 Å². The lowest BCUT2D eigenvalue weighted by Crippen LogP contribution is -2.29. The number of non-ortho nitro benzene ring substituents is 1. The van der Waals surface area contributed by atoms with E-state index < -0.39 is 16.5 Å². The van der Waals surface area contributed by atoms with Gasteiger partial charge in [0, 0.05) is 23.3 Å². The SMILES string of the molecule is CC(C)(C)c1ccc([C@@H]2c3c(-c4cccc([N+](=O)[O-])c4)n[nH]c(=O)c3Nc3nnnn32)cc1. The Morgan fingerprint density at radius 2 is 1.88 bits per heavy atom. The highest BCUT2D eigenvalue weighted by Gasteiger charge is 2.34. The molecule has 0 unspecified atom stereocenters. The Bertz CT molecular complexity index is 1430. The molecule has 0 spiro atoms. The average Bonchev–Trinajstić information content (AvgIpc) is 3.26. The van der Waals surface area contributed by atoms with E-state index in [0.717, 1.165) is 11.1 Å². The zero-order valence-electron chi connectivity index (χ0n) is 18.1. The molecule has 2 N–H and O–H groups in total. The van der Waals surface area contributed by atoms with Crippen molar-refractivity contribution in [3.63, 3.8) is 0 Å². The third-order valence-corrected chi connectivity index (χ3v) is 5.69. The van der Waals surface area contributed by atoms with Gasteiger partial charge < -0.3 is 5.32 Å². The molecule has 4 aromatic rings. The number of anilines is 2. The Morgan fingerprint density at radius 1 is 1.12 bits per heavy atom. The molecule has 11 nitrogen and oxygen atoms in total. The van der Waals surface area contributed by atoms with Crippen LogP contribution in [0.25, 0.3) is 11.3 Å². The zero-order chi connectivity index (χ0) is 23.3. The van der Waals surface area contributed by atoms with E-state index in [0.29, 0.717) is 22.8 Å². The number of tetrazole rings is 1. The van der Waals surface area contributed by atoms with Crippen molar-refractivity contribution < 1.29 is 4.92 Å². The number of rotatable bonds is 3. The van der Waals surface area contributed by atoms with Gasteiger partial charge >= 0.3 is 0 Å². The topological polar surface area (TPSA) is 145 Å². The Hall–Kier alpha value is -4.41. The van der Waals surface area contributed by atoms with E-state index in [1.807, 2.05) is 24.3 Å². The first kappa shape index (κ1) is 20.5. The molecule has 0 aliphatic carbocycles. The largest absolute Gasteiger partial charge is 0.318 e. The Morgan fingerprint density at radius 3 is 2.58 bits per heavy atom. The number of hydrogen-bond acceptors (Lipinski definition) is 8. The van der Waals surface area contributed by atoms with Gasteiger partial charge in [-0.1, -0.05) is 62.3 Å². The molecule has 0 saturated heterocycles. The molecule has 2 aromatic heterocycles. The molecule has 2 aromatic carbocycles. The van der Waals surface area contributed by atoms with E-state index in [1.165, 1.54) is 12.1 Å². The van der Waals surface area contributed by atoms with E-state index in [9.17, 15) is 14.9 Å². The molecular weight excluding hydrogens is 424 g/mol. The first-order valence-corrected chi connectivity index (χ1v) is 10.3. The van der Waals surface area contributed by atoms with E-state index in [-0.39, 0.29) is 16.8 Å². The molecule has 1 aliphatic rings. The fourth-order valence-electron chi connectivity index (χ4n) is 4.00. The second-order valence-electron chi connectivity index (χ2n) is 8.84. The maximum Gasteiger partial charge on any atom is 0.288 e. The number of nitrogens with one attached hydrogen (secondary N) is 2. The second kappa shape index (κ2) is 7.33. The van der Waals surface area contributed by atoms with Crippen LogP contribution in [0.4, 0.5) is 17.3 Å². The maximum atomic E-state index is 12.8. The minimum atomic E-state index is -0.565. The van der Waals surface area contributed by atoms with Crippen molar-refractivity contribution in [2.45, 2.75) is 32.2 Å². The Balaban J connectivity index is 1.75. The third-order valence-electron chi connectivity index (χ3n) is 5.69. The van der Waals surface area contributed by atoms with Crippen molar-refractivity contribution in [1.82, 2.24) is 30.4 Å². The van der Waals surface area contributed by atoms with Gasteiger partial charge in [-0.3, -0.25) is 14.9 Å². The number of hydrogen-bond donors (Lipinski definition) is 2. The lowest BCUT2D eigenvalue weighted by Gasteiger charge is -2.28. The smallest absolute Gasteiger partial charge is 0.288 e. The van der Waals surface area contributed by atoms with Crippen LogP contribution in [-0.2, 0) is 5.41 Å². The van der Waals surface area contributed by atoms with Crippen LogP contribution in [0.15, 0.2) is 53.3 Å². The van der Waals surface area contributed by atoms with Crippen LogP contribution >= 0.6 is 0 Å². The van der Waals surface area contributed by atoms with Crippen molar-refractivity contribution in [1.29, 1.82) is 0 Å². The summed E-state index contributed by atoms with van der Waals surface area (Å²) in [6.45, 7) is 6.39. The number of nitro groups is 1. The first-order chi connectivity index (χ1) is 15.7. The molecule has 0 fully saturated rings. The van der Waals surface area contributed by atoms with Crippen molar-refractivity contribution in [2.24, 2.45) is 0 Å². The summed E-state index contributed by atoms with van der Waals surface area (Å²) in [5.74, 6) is 0.314. The zero-order valence-corrected chi connectivity index (χ0v) is 18.1. The highest BCUT2D eigenvalue weighted by atomic mass is 16.6. The molecule has 0 amide bonds. The molecule has 1 aliphatic heterocycles. The van der Waals surface area contributed by atoms with Crippen molar-refractivity contribution in [2.75, 3.05) is 5.32 Å². The second-order valence-corrected chi connectivity index (χ2v) is 8.84. The number of H-pyrrole nitrogens is 1. The summed E-state index contributed by atoms with van der Waals surface area (Å²) in [5.41, 5.74) is 3.12. The van der Waals surface area contributed by atoms with Gasteiger partial charge in [0.2, 0.25) is 5.95 Å². The van der Waals surface area contributed by atoms with Crippen molar-refractivity contribution >= 4 is 17.3 Å². The summed E-state index contributed by atoms with van der Waals surface area (Å²) < 4.78 is 1.58. The van der Waals surface area contributed by atoms with E-state index in [2.05, 4.69) is 51.8 Å². The lowest BCUT2D eigenvalue weighted by molar-refractivity contribution is -0.384. The predicted molar refractivity (Wildman–Crippen MR) is 120 cm³/mol. The Labute approximate surface area is 187 Å². The lowest BCUT2D eigenvalue weighted by atomic mass is 9.85. The van der Waals surface area contributed by atoms with Crippen LogP contribution in [0, 0.1) is 10.1 Å². The van der Waals surface area contributed by atoms with Crippen molar-refractivity contribution in [3.05, 3.63) is 85.7 Å². The van der Waals surface area contributed by atoms with E-state index in [4.69, 9.17) is 0 Å². The van der Waals surface area contributed by atoms with Crippen LogP contribution < -0.4 is 10.9 Å². The molecule has 0 saturated carbocycles. The summed E-state index contributed by atoms with van der Waals surface area (Å²) in [6, 6.07) is 13.6. The van der Waals surface area contributed by atoms with Crippen LogP contribution in [-0.4, -0.2) is 35.3 Å². The minimum absolute atomic E-state index is 0.0304. The van der Waals surface area contributed by atoms with Gasteiger partial charge in [-0.15, -0.1) is 0 Å². The number of nitro benzene ring substituents is 1. The van der Waals surface area contributed by atoms with Crippen molar-refractivity contribution in [3.8, 4) is 11.3 Å². The molecule has 11 heteroatoms. The molecule has 0 radical (unpaired) electrons. The normalized spacial score (nSPS) is 14.8. The summed E-state index contributed by atoms with van der Waals surface area (Å²) in [5, 5.41) is 33.0. The first-order valence-electron chi connectivity index (χ1n) is 10.3. The van der Waals surface area contributed by atoms with Gasteiger partial charge in [-0.05, 0) is 27.0 Å². The number of fused-ring (bicyclic) bond motifs is 2. The summed E-state index contributed by atoms with van der Waals surface area (Å²) in [7, 11) is 0. The van der Waals surface area contributed by atoms with E-state index >= 15 is 0 Å². The maximum absolute atomic E-state index is 12.8. The summed E-state index contributed by atoms with van der Waals surface area (Å²) in [6.07, 6.45) is 0. The minimum Gasteiger partial charge on any atom is -0.318 e. The van der Waals surface area contributed by atoms with Gasteiger partial charge in [0.25, 0.3) is 11.2 Å². The molecular formula is C22H20N8O3.